The average molecular weight is 165 g/mol. The van der Waals surface area contributed by atoms with Crippen LogP contribution in [0.15, 0.2) is 0 Å². The van der Waals surface area contributed by atoms with Gasteiger partial charge in [0, 0.05) is 6.04 Å². The molecule has 0 spiro atoms. The third-order valence-corrected chi connectivity index (χ3v) is 4.17. The second kappa shape index (κ2) is 2.73. The van der Waals surface area contributed by atoms with Crippen LogP contribution in [0, 0.1) is 11.8 Å². The summed E-state index contributed by atoms with van der Waals surface area (Å²) in [4.78, 5) is 2.79. The van der Waals surface area contributed by atoms with Crippen LogP contribution in [0.2, 0.25) is 0 Å². The summed E-state index contributed by atoms with van der Waals surface area (Å²) in [6.45, 7) is 2.83. The van der Waals surface area contributed by atoms with Gasteiger partial charge < -0.3 is 0 Å². The molecule has 0 N–H and O–H groups in total. The molecule has 3 rings (SSSR count). The molecule has 0 radical (unpaired) electrons. The number of fused-ring (bicyclic) bond motifs is 1. The largest absolute Gasteiger partial charge is 0.300 e. The molecule has 12 heavy (non-hydrogen) atoms. The Balaban J connectivity index is 1.60. The number of piperidine rings is 1. The lowest BCUT2D eigenvalue weighted by molar-refractivity contribution is 0.196. The lowest BCUT2D eigenvalue weighted by atomic mass is 10.1. The number of hydrogen-bond acceptors (Lipinski definition) is 1. The summed E-state index contributed by atoms with van der Waals surface area (Å²) in [7, 11) is 0. The average Bonchev–Trinajstić information content (AvgIpc) is 2.62. The maximum Gasteiger partial charge on any atom is 0.0158 e. The van der Waals surface area contributed by atoms with Crippen LogP contribution in [0.1, 0.15) is 38.5 Å². The third kappa shape index (κ3) is 1.02. The Morgan fingerprint density at radius 2 is 1.42 bits per heavy atom. The first-order chi connectivity index (χ1) is 5.97. The highest BCUT2D eigenvalue weighted by atomic mass is 15.2. The maximum absolute atomic E-state index is 2.79. The third-order valence-electron chi connectivity index (χ3n) is 4.17. The molecule has 2 unspecified atom stereocenters. The van der Waals surface area contributed by atoms with E-state index >= 15 is 0 Å². The maximum atomic E-state index is 2.79. The monoisotopic (exact) mass is 165 g/mol. The van der Waals surface area contributed by atoms with Crippen LogP contribution in [0.25, 0.3) is 0 Å². The smallest absolute Gasteiger partial charge is 0.0158 e. The summed E-state index contributed by atoms with van der Waals surface area (Å²) in [5.74, 6) is 2.28. The van der Waals surface area contributed by atoms with Gasteiger partial charge in [0.1, 0.15) is 0 Å². The number of likely N-dealkylation sites (tertiary alicyclic amines) is 1. The van der Waals surface area contributed by atoms with E-state index in [9.17, 15) is 0 Å². The predicted molar refractivity (Wildman–Crippen MR) is 50.0 cm³/mol. The Morgan fingerprint density at radius 3 is 2.08 bits per heavy atom. The van der Waals surface area contributed by atoms with E-state index in [2.05, 4.69) is 4.90 Å². The molecular weight excluding hydrogens is 146 g/mol. The Bertz CT molecular complexity index is 162. The second-order valence-electron chi connectivity index (χ2n) is 4.85. The molecule has 0 amide bonds. The summed E-state index contributed by atoms with van der Waals surface area (Å²) in [6.07, 6.45) is 9.04. The number of hydrogen-bond donors (Lipinski definition) is 0. The lowest BCUT2D eigenvalue weighted by Gasteiger charge is -2.28. The van der Waals surface area contributed by atoms with E-state index in [0.717, 1.165) is 17.9 Å². The van der Waals surface area contributed by atoms with E-state index < -0.39 is 0 Å². The standard InChI is InChI=1S/C11H19N/c1-2-7-12(8-3-1)11-9-5-4-6-10(9)11/h9-11H,1-8H2. The van der Waals surface area contributed by atoms with Crippen LogP contribution in [-0.2, 0) is 0 Å². The fourth-order valence-electron chi connectivity index (χ4n) is 3.54. The first kappa shape index (κ1) is 7.37. The van der Waals surface area contributed by atoms with Gasteiger partial charge in [0.05, 0.1) is 0 Å². The minimum absolute atomic E-state index is 1.05. The zero-order valence-corrected chi connectivity index (χ0v) is 7.84. The van der Waals surface area contributed by atoms with Gasteiger partial charge in [-0.3, -0.25) is 4.90 Å². The molecule has 0 bridgehead atoms. The van der Waals surface area contributed by atoms with Crippen molar-refractivity contribution in [2.75, 3.05) is 13.1 Å². The first-order valence-corrected chi connectivity index (χ1v) is 5.71. The molecule has 0 aromatic heterocycles. The Morgan fingerprint density at radius 1 is 0.750 bits per heavy atom. The van der Waals surface area contributed by atoms with Crippen LogP contribution in [0.4, 0.5) is 0 Å². The molecule has 2 saturated carbocycles. The minimum atomic E-state index is 1.05. The van der Waals surface area contributed by atoms with Crippen molar-refractivity contribution in [3.63, 3.8) is 0 Å². The van der Waals surface area contributed by atoms with Crippen molar-refractivity contribution >= 4 is 0 Å². The Kier molecular flexibility index (Phi) is 1.68. The topological polar surface area (TPSA) is 3.24 Å². The highest BCUT2D eigenvalue weighted by Gasteiger charge is 2.54. The number of rotatable bonds is 1. The van der Waals surface area contributed by atoms with Crippen molar-refractivity contribution in [1.82, 2.24) is 4.90 Å². The molecule has 1 saturated heterocycles. The van der Waals surface area contributed by atoms with Gasteiger partial charge in [-0.05, 0) is 50.6 Å². The molecule has 0 aromatic rings. The van der Waals surface area contributed by atoms with Crippen LogP contribution >= 0.6 is 0 Å². The van der Waals surface area contributed by atoms with E-state index in [0.29, 0.717) is 0 Å². The molecule has 1 nitrogen and oxygen atoms in total. The van der Waals surface area contributed by atoms with Crippen LogP contribution < -0.4 is 0 Å². The zero-order valence-electron chi connectivity index (χ0n) is 7.84. The van der Waals surface area contributed by atoms with Gasteiger partial charge >= 0.3 is 0 Å². The van der Waals surface area contributed by atoms with Gasteiger partial charge in [0.25, 0.3) is 0 Å². The van der Waals surface area contributed by atoms with E-state index in [1.165, 1.54) is 38.8 Å². The molecule has 2 aliphatic carbocycles. The van der Waals surface area contributed by atoms with Crippen LogP contribution in [-0.4, -0.2) is 24.0 Å². The fraction of sp³-hybridized carbons (Fsp3) is 1.00. The van der Waals surface area contributed by atoms with E-state index in [4.69, 9.17) is 0 Å². The van der Waals surface area contributed by atoms with Gasteiger partial charge in [0.15, 0.2) is 0 Å². The predicted octanol–water partition coefficient (Wildman–Crippen LogP) is 2.27. The van der Waals surface area contributed by atoms with Gasteiger partial charge in [-0.1, -0.05) is 12.8 Å². The Labute approximate surface area is 75.1 Å². The van der Waals surface area contributed by atoms with Crippen molar-refractivity contribution in [2.45, 2.75) is 44.6 Å². The molecule has 3 aliphatic rings. The van der Waals surface area contributed by atoms with Gasteiger partial charge in [-0.2, -0.15) is 0 Å². The first-order valence-electron chi connectivity index (χ1n) is 5.71. The molecule has 1 aliphatic heterocycles. The van der Waals surface area contributed by atoms with Gasteiger partial charge in [-0.25, -0.2) is 0 Å². The SMILES string of the molecule is C1CCN(C2C3CCCC32)CC1. The van der Waals surface area contributed by atoms with Crippen molar-refractivity contribution in [3.05, 3.63) is 0 Å². The van der Waals surface area contributed by atoms with Crippen molar-refractivity contribution in [3.8, 4) is 0 Å². The summed E-state index contributed by atoms with van der Waals surface area (Å²) < 4.78 is 0. The molecular formula is C11H19N. The quantitative estimate of drug-likeness (QED) is 0.576. The molecule has 3 fully saturated rings. The molecule has 0 aromatic carbocycles. The highest BCUT2D eigenvalue weighted by molar-refractivity contribution is 5.07. The van der Waals surface area contributed by atoms with Crippen LogP contribution in [0.5, 0.6) is 0 Å². The minimum Gasteiger partial charge on any atom is -0.300 e. The van der Waals surface area contributed by atoms with Gasteiger partial charge in [0.2, 0.25) is 0 Å². The van der Waals surface area contributed by atoms with E-state index in [1.807, 2.05) is 0 Å². The summed E-state index contributed by atoms with van der Waals surface area (Å²) in [5.41, 5.74) is 0. The Hall–Kier alpha value is -0.0400. The highest BCUT2D eigenvalue weighted by Crippen LogP contribution is 2.55. The van der Waals surface area contributed by atoms with E-state index in [1.54, 1.807) is 12.8 Å². The molecule has 1 heteroatoms. The van der Waals surface area contributed by atoms with E-state index in [-0.39, 0.29) is 0 Å². The summed E-state index contributed by atoms with van der Waals surface area (Å²) in [5, 5.41) is 0. The summed E-state index contributed by atoms with van der Waals surface area (Å²) in [6, 6.07) is 1.05. The van der Waals surface area contributed by atoms with Crippen molar-refractivity contribution in [2.24, 2.45) is 11.8 Å². The normalized spacial score (nSPS) is 47.5. The molecule has 2 atom stereocenters. The van der Waals surface area contributed by atoms with Crippen LogP contribution in [0.3, 0.4) is 0 Å². The second-order valence-corrected chi connectivity index (χ2v) is 4.85. The van der Waals surface area contributed by atoms with Gasteiger partial charge in [-0.15, -0.1) is 0 Å². The van der Waals surface area contributed by atoms with Crippen molar-refractivity contribution in [1.29, 1.82) is 0 Å². The number of nitrogens with zero attached hydrogens (tertiary/aromatic N) is 1. The lowest BCUT2D eigenvalue weighted by Crippen LogP contribution is -2.33. The molecule has 68 valence electrons. The van der Waals surface area contributed by atoms with Crippen molar-refractivity contribution < 1.29 is 0 Å². The summed E-state index contributed by atoms with van der Waals surface area (Å²) >= 11 is 0. The molecule has 1 heterocycles. The fourth-order valence-corrected chi connectivity index (χ4v) is 3.54. The zero-order chi connectivity index (χ0) is 7.97.